The van der Waals surface area contributed by atoms with E-state index in [1.807, 2.05) is 0 Å². The molecule has 80 valence electrons. The van der Waals surface area contributed by atoms with Crippen molar-refractivity contribution in [3.8, 4) is 0 Å². The van der Waals surface area contributed by atoms with Crippen LogP contribution in [0.2, 0.25) is 0 Å². The summed E-state index contributed by atoms with van der Waals surface area (Å²) in [5.74, 6) is -1.41. The summed E-state index contributed by atoms with van der Waals surface area (Å²) >= 11 is 0. The van der Waals surface area contributed by atoms with E-state index < -0.39 is 18.5 Å². The van der Waals surface area contributed by atoms with E-state index in [1.165, 1.54) is 18.2 Å². The van der Waals surface area contributed by atoms with Gasteiger partial charge in [-0.3, -0.25) is 4.79 Å². The van der Waals surface area contributed by atoms with Crippen molar-refractivity contribution < 1.29 is 14.3 Å². The number of nitrogens with two attached hydrogens (primary N) is 3. The van der Waals surface area contributed by atoms with E-state index in [9.17, 15) is 9.59 Å². The SMILES string of the molecule is NC(=O)COC(=O)c1cc(N)cc(N)c1. The van der Waals surface area contributed by atoms with Crippen molar-refractivity contribution in [2.45, 2.75) is 0 Å². The van der Waals surface area contributed by atoms with Gasteiger partial charge in [-0.05, 0) is 18.2 Å². The highest BCUT2D eigenvalue weighted by Crippen LogP contribution is 2.14. The first-order chi connectivity index (χ1) is 6.99. The Morgan fingerprint density at radius 1 is 1.13 bits per heavy atom. The molecule has 0 heterocycles. The maximum absolute atomic E-state index is 11.3. The number of hydrogen-bond acceptors (Lipinski definition) is 5. The molecule has 6 nitrogen and oxygen atoms in total. The number of carbonyl (C=O) groups excluding carboxylic acids is 2. The fourth-order valence-electron chi connectivity index (χ4n) is 1.01. The van der Waals surface area contributed by atoms with Gasteiger partial charge in [0.25, 0.3) is 5.91 Å². The maximum atomic E-state index is 11.3. The standard InChI is InChI=1S/C9H11N3O3/c10-6-1-5(2-7(11)3-6)9(14)15-4-8(12)13/h1-3H,4,10-11H2,(H2,12,13). The Hall–Kier alpha value is -2.24. The molecule has 6 N–H and O–H groups in total. The van der Waals surface area contributed by atoms with Crippen molar-refractivity contribution >= 4 is 23.3 Å². The molecule has 1 rings (SSSR count). The van der Waals surface area contributed by atoms with Crippen LogP contribution < -0.4 is 17.2 Å². The average Bonchev–Trinajstić information content (AvgIpc) is 2.12. The number of carbonyl (C=O) groups is 2. The van der Waals surface area contributed by atoms with Crippen molar-refractivity contribution in [1.82, 2.24) is 0 Å². The summed E-state index contributed by atoms with van der Waals surface area (Å²) in [6.45, 7) is -0.465. The molecule has 0 atom stereocenters. The molecule has 6 heteroatoms. The Morgan fingerprint density at radius 3 is 2.13 bits per heavy atom. The molecule has 0 radical (unpaired) electrons. The van der Waals surface area contributed by atoms with Gasteiger partial charge >= 0.3 is 5.97 Å². The van der Waals surface area contributed by atoms with Crippen molar-refractivity contribution in [2.75, 3.05) is 18.1 Å². The lowest BCUT2D eigenvalue weighted by Gasteiger charge is -2.04. The van der Waals surface area contributed by atoms with Crippen LogP contribution in [0.1, 0.15) is 10.4 Å². The third kappa shape index (κ3) is 3.18. The molecular formula is C9H11N3O3. The second-order valence-corrected chi connectivity index (χ2v) is 2.93. The van der Waals surface area contributed by atoms with Gasteiger partial charge in [-0.25, -0.2) is 4.79 Å². The second kappa shape index (κ2) is 4.32. The van der Waals surface area contributed by atoms with Gasteiger partial charge < -0.3 is 21.9 Å². The van der Waals surface area contributed by atoms with Crippen molar-refractivity contribution in [1.29, 1.82) is 0 Å². The number of anilines is 2. The zero-order chi connectivity index (χ0) is 11.4. The summed E-state index contributed by atoms with van der Waals surface area (Å²) in [4.78, 5) is 21.7. The quantitative estimate of drug-likeness (QED) is 0.457. The van der Waals surface area contributed by atoms with Crippen LogP contribution in [0.3, 0.4) is 0 Å². The number of esters is 1. The molecule has 0 aromatic heterocycles. The van der Waals surface area contributed by atoms with Crippen LogP contribution >= 0.6 is 0 Å². The molecule has 1 aromatic carbocycles. The summed E-state index contributed by atoms with van der Waals surface area (Å²) in [5.41, 5.74) is 16.6. The normalized spacial score (nSPS) is 9.60. The third-order valence-electron chi connectivity index (χ3n) is 1.56. The second-order valence-electron chi connectivity index (χ2n) is 2.93. The van der Waals surface area contributed by atoms with Crippen LogP contribution in [0.25, 0.3) is 0 Å². The predicted molar refractivity (Wildman–Crippen MR) is 54.7 cm³/mol. The topological polar surface area (TPSA) is 121 Å². The molecule has 0 saturated heterocycles. The third-order valence-corrected chi connectivity index (χ3v) is 1.56. The zero-order valence-electron chi connectivity index (χ0n) is 7.90. The molecule has 0 aliphatic rings. The number of rotatable bonds is 3. The van der Waals surface area contributed by atoms with Gasteiger partial charge in [0, 0.05) is 11.4 Å². The number of benzene rings is 1. The van der Waals surface area contributed by atoms with Crippen LogP contribution in [-0.4, -0.2) is 18.5 Å². The van der Waals surface area contributed by atoms with E-state index in [4.69, 9.17) is 17.2 Å². The Kier molecular flexibility index (Phi) is 3.12. The van der Waals surface area contributed by atoms with E-state index >= 15 is 0 Å². The van der Waals surface area contributed by atoms with Crippen LogP contribution in [0.4, 0.5) is 11.4 Å². The van der Waals surface area contributed by atoms with Gasteiger partial charge in [-0.15, -0.1) is 0 Å². The summed E-state index contributed by atoms with van der Waals surface area (Å²) in [5, 5.41) is 0. The number of amides is 1. The van der Waals surface area contributed by atoms with Gasteiger partial charge in [-0.1, -0.05) is 0 Å². The van der Waals surface area contributed by atoms with Crippen molar-refractivity contribution in [2.24, 2.45) is 5.73 Å². The van der Waals surface area contributed by atoms with Crippen LogP contribution in [0, 0.1) is 0 Å². The Bertz CT molecular complexity index is 383. The van der Waals surface area contributed by atoms with Gasteiger partial charge in [-0.2, -0.15) is 0 Å². The first kappa shape index (κ1) is 10.8. The first-order valence-electron chi connectivity index (χ1n) is 4.10. The highest BCUT2D eigenvalue weighted by atomic mass is 16.5. The summed E-state index contributed by atoms with van der Waals surface area (Å²) < 4.78 is 4.57. The molecule has 0 fully saturated rings. The molecule has 1 aromatic rings. The maximum Gasteiger partial charge on any atom is 0.338 e. The van der Waals surface area contributed by atoms with Crippen molar-refractivity contribution in [3.63, 3.8) is 0 Å². The zero-order valence-corrected chi connectivity index (χ0v) is 7.90. The summed E-state index contributed by atoms with van der Waals surface area (Å²) in [6, 6.07) is 4.31. The highest BCUT2D eigenvalue weighted by molar-refractivity contribution is 5.93. The summed E-state index contributed by atoms with van der Waals surface area (Å²) in [6.07, 6.45) is 0. The number of hydrogen-bond donors (Lipinski definition) is 3. The lowest BCUT2D eigenvalue weighted by atomic mass is 10.2. The molecule has 0 unspecified atom stereocenters. The Labute approximate surface area is 86.0 Å². The Morgan fingerprint density at radius 2 is 1.67 bits per heavy atom. The van der Waals surface area contributed by atoms with Crippen LogP contribution in [0.5, 0.6) is 0 Å². The lowest BCUT2D eigenvalue weighted by molar-refractivity contribution is -0.121. The van der Waals surface area contributed by atoms with E-state index in [2.05, 4.69) is 4.74 Å². The van der Waals surface area contributed by atoms with Gasteiger partial charge in [0.05, 0.1) is 5.56 Å². The number of primary amides is 1. The average molecular weight is 209 g/mol. The predicted octanol–water partition coefficient (Wildman–Crippen LogP) is -0.507. The first-order valence-corrected chi connectivity index (χ1v) is 4.10. The van der Waals surface area contributed by atoms with Gasteiger partial charge in [0.2, 0.25) is 0 Å². The number of ether oxygens (including phenoxy) is 1. The minimum atomic E-state index is -0.722. The fourth-order valence-corrected chi connectivity index (χ4v) is 1.01. The highest BCUT2D eigenvalue weighted by Gasteiger charge is 2.09. The minimum absolute atomic E-state index is 0.189. The molecular weight excluding hydrogens is 198 g/mol. The van der Waals surface area contributed by atoms with Crippen molar-refractivity contribution in [3.05, 3.63) is 23.8 Å². The largest absolute Gasteiger partial charge is 0.452 e. The molecule has 0 saturated carbocycles. The van der Waals surface area contributed by atoms with E-state index in [0.717, 1.165) is 0 Å². The van der Waals surface area contributed by atoms with Crippen LogP contribution in [0.15, 0.2) is 18.2 Å². The van der Waals surface area contributed by atoms with E-state index in [-0.39, 0.29) is 5.56 Å². The smallest absolute Gasteiger partial charge is 0.338 e. The minimum Gasteiger partial charge on any atom is -0.452 e. The van der Waals surface area contributed by atoms with Gasteiger partial charge in [0.15, 0.2) is 6.61 Å². The fraction of sp³-hybridized carbons (Fsp3) is 0.111. The van der Waals surface area contributed by atoms with Gasteiger partial charge in [0.1, 0.15) is 0 Å². The molecule has 0 aliphatic heterocycles. The lowest BCUT2D eigenvalue weighted by Crippen LogP contribution is -2.21. The summed E-state index contributed by atoms with van der Waals surface area (Å²) in [7, 11) is 0. The van der Waals surface area contributed by atoms with E-state index in [1.54, 1.807) is 0 Å². The molecule has 0 aliphatic carbocycles. The monoisotopic (exact) mass is 209 g/mol. The molecule has 1 amide bonds. The molecule has 0 bridgehead atoms. The van der Waals surface area contributed by atoms with E-state index in [0.29, 0.717) is 11.4 Å². The van der Waals surface area contributed by atoms with Crippen LogP contribution in [-0.2, 0) is 9.53 Å². The molecule has 15 heavy (non-hydrogen) atoms. The molecule has 0 spiro atoms. The number of nitrogen functional groups attached to an aromatic ring is 2. The Balaban J connectivity index is 2.77.